The van der Waals surface area contributed by atoms with Gasteiger partial charge in [-0.1, -0.05) is 23.7 Å². The maximum atomic E-state index is 9.72. The van der Waals surface area contributed by atoms with Crippen LogP contribution in [0, 0.1) is 0 Å². The van der Waals surface area contributed by atoms with Crippen LogP contribution in [0.4, 0.5) is 0 Å². The number of benzene rings is 1. The largest absolute Gasteiger partial charge is 0.396 e. The number of aliphatic hydroxyl groups excluding tert-OH is 2. The molecule has 1 rings (SSSR count). The standard InChI is InChI=1S/C14H22ClNO3/c1-11(12-3-5-13(15)6-4-12)19-10-14(18)9-16-7-2-8-17/h3-6,11,14,16-18H,2,7-10H2,1H3/t11-,14+/m1/s1. The van der Waals surface area contributed by atoms with Crippen LogP contribution in [0.2, 0.25) is 5.02 Å². The Morgan fingerprint density at radius 3 is 2.63 bits per heavy atom. The fourth-order valence-electron chi connectivity index (χ4n) is 1.62. The zero-order valence-corrected chi connectivity index (χ0v) is 11.9. The van der Waals surface area contributed by atoms with Gasteiger partial charge >= 0.3 is 0 Å². The number of aliphatic hydroxyl groups is 2. The molecule has 0 spiro atoms. The lowest BCUT2D eigenvalue weighted by molar-refractivity contribution is -0.00203. The van der Waals surface area contributed by atoms with E-state index in [0.29, 0.717) is 24.5 Å². The third-order valence-corrected chi connectivity index (χ3v) is 3.02. The van der Waals surface area contributed by atoms with Gasteiger partial charge in [-0.05, 0) is 37.6 Å². The summed E-state index contributed by atoms with van der Waals surface area (Å²) in [4.78, 5) is 0. The molecule has 0 radical (unpaired) electrons. The quantitative estimate of drug-likeness (QED) is 0.606. The summed E-state index contributed by atoms with van der Waals surface area (Å²) in [5.41, 5.74) is 1.03. The van der Waals surface area contributed by atoms with Gasteiger partial charge in [0.05, 0.1) is 18.8 Å². The molecule has 0 bridgehead atoms. The van der Waals surface area contributed by atoms with Crippen molar-refractivity contribution in [1.29, 1.82) is 0 Å². The Kier molecular flexibility index (Phi) is 8.02. The van der Waals surface area contributed by atoms with Crippen molar-refractivity contribution in [3.63, 3.8) is 0 Å². The summed E-state index contributed by atoms with van der Waals surface area (Å²) in [6, 6.07) is 7.48. The lowest BCUT2D eigenvalue weighted by Crippen LogP contribution is -2.31. The molecule has 5 heteroatoms. The smallest absolute Gasteiger partial charge is 0.0897 e. The molecule has 0 fully saturated rings. The lowest BCUT2D eigenvalue weighted by atomic mass is 10.1. The van der Waals surface area contributed by atoms with Crippen molar-refractivity contribution < 1.29 is 14.9 Å². The molecule has 4 nitrogen and oxygen atoms in total. The van der Waals surface area contributed by atoms with Crippen molar-refractivity contribution in [2.24, 2.45) is 0 Å². The molecular weight excluding hydrogens is 266 g/mol. The second-order valence-corrected chi connectivity index (χ2v) is 4.90. The van der Waals surface area contributed by atoms with E-state index >= 15 is 0 Å². The summed E-state index contributed by atoms with van der Waals surface area (Å²) in [7, 11) is 0. The predicted octanol–water partition coefficient (Wildman–Crippen LogP) is 1.75. The molecule has 0 aromatic heterocycles. The number of nitrogens with one attached hydrogen (secondary N) is 1. The molecule has 0 heterocycles. The highest BCUT2D eigenvalue weighted by Gasteiger charge is 2.09. The van der Waals surface area contributed by atoms with Gasteiger partial charge in [0.2, 0.25) is 0 Å². The van der Waals surface area contributed by atoms with Crippen LogP contribution in [0.1, 0.15) is 25.0 Å². The second-order valence-electron chi connectivity index (χ2n) is 4.46. The van der Waals surface area contributed by atoms with E-state index in [1.807, 2.05) is 31.2 Å². The van der Waals surface area contributed by atoms with Gasteiger partial charge in [-0.2, -0.15) is 0 Å². The highest BCUT2D eigenvalue weighted by molar-refractivity contribution is 6.30. The summed E-state index contributed by atoms with van der Waals surface area (Å²) in [5.74, 6) is 0. The van der Waals surface area contributed by atoms with E-state index in [0.717, 1.165) is 5.56 Å². The molecule has 2 atom stereocenters. The SMILES string of the molecule is C[C@@H](OC[C@@H](O)CNCCCO)c1ccc(Cl)cc1. The van der Waals surface area contributed by atoms with Gasteiger partial charge in [-0.3, -0.25) is 0 Å². The van der Waals surface area contributed by atoms with Crippen LogP contribution in [0.5, 0.6) is 0 Å². The minimum absolute atomic E-state index is 0.0793. The first-order valence-electron chi connectivity index (χ1n) is 6.50. The zero-order chi connectivity index (χ0) is 14.1. The van der Waals surface area contributed by atoms with Crippen LogP contribution >= 0.6 is 11.6 Å². The summed E-state index contributed by atoms with van der Waals surface area (Å²) < 4.78 is 5.60. The van der Waals surface area contributed by atoms with Crippen LogP contribution in [-0.4, -0.2) is 42.6 Å². The maximum Gasteiger partial charge on any atom is 0.0897 e. The third kappa shape index (κ3) is 6.89. The molecule has 19 heavy (non-hydrogen) atoms. The molecule has 3 N–H and O–H groups in total. The van der Waals surface area contributed by atoms with Crippen molar-refractivity contribution >= 4 is 11.6 Å². The van der Waals surface area contributed by atoms with Crippen molar-refractivity contribution in [2.45, 2.75) is 25.6 Å². The Labute approximate surface area is 119 Å². The average Bonchev–Trinajstić information content (AvgIpc) is 2.42. The topological polar surface area (TPSA) is 61.7 Å². The lowest BCUT2D eigenvalue weighted by Gasteiger charge is -2.17. The highest BCUT2D eigenvalue weighted by atomic mass is 35.5. The van der Waals surface area contributed by atoms with E-state index in [9.17, 15) is 5.11 Å². The summed E-state index contributed by atoms with van der Waals surface area (Å²) in [6.45, 7) is 3.53. The van der Waals surface area contributed by atoms with E-state index in [2.05, 4.69) is 5.32 Å². The first-order valence-corrected chi connectivity index (χ1v) is 6.88. The predicted molar refractivity (Wildman–Crippen MR) is 76.4 cm³/mol. The van der Waals surface area contributed by atoms with Gasteiger partial charge in [-0.15, -0.1) is 0 Å². The first kappa shape index (κ1) is 16.4. The number of hydrogen-bond acceptors (Lipinski definition) is 4. The molecule has 0 amide bonds. The number of rotatable bonds is 9. The summed E-state index contributed by atoms with van der Waals surface area (Å²) in [6.07, 6.45) is 0.0622. The molecular formula is C14H22ClNO3. The Balaban J connectivity index is 2.22. The van der Waals surface area contributed by atoms with E-state index in [1.165, 1.54) is 0 Å². The fraction of sp³-hybridized carbons (Fsp3) is 0.571. The van der Waals surface area contributed by atoms with Crippen molar-refractivity contribution in [2.75, 3.05) is 26.3 Å². The van der Waals surface area contributed by atoms with Gasteiger partial charge in [0, 0.05) is 18.2 Å². The Morgan fingerprint density at radius 1 is 1.32 bits per heavy atom. The zero-order valence-electron chi connectivity index (χ0n) is 11.2. The van der Waals surface area contributed by atoms with Gasteiger partial charge < -0.3 is 20.3 Å². The second kappa shape index (κ2) is 9.28. The van der Waals surface area contributed by atoms with E-state index in [1.54, 1.807) is 0 Å². The minimum atomic E-state index is -0.548. The highest BCUT2D eigenvalue weighted by Crippen LogP contribution is 2.19. The molecule has 0 saturated heterocycles. The molecule has 0 saturated carbocycles. The Hall–Kier alpha value is -0.650. The summed E-state index contributed by atoms with van der Waals surface area (Å²) in [5, 5.41) is 22.1. The van der Waals surface area contributed by atoms with Gasteiger partial charge in [-0.25, -0.2) is 0 Å². The fourth-order valence-corrected chi connectivity index (χ4v) is 1.74. The maximum absolute atomic E-state index is 9.72. The monoisotopic (exact) mass is 287 g/mol. The number of hydrogen-bond donors (Lipinski definition) is 3. The molecule has 108 valence electrons. The molecule has 0 aliphatic heterocycles. The van der Waals surface area contributed by atoms with E-state index in [-0.39, 0.29) is 19.3 Å². The van der Waals surface area contributed by atoms with Crippen LogP contribution in [0.25, 0.3) is 0 Å². The Morgan fingerprint density at radius 2 is 2.00 bits per heavy atom. The Bertz CT molecular complexity index is 345. The van der Waals surface area contributed by atoms with Crippen LogP contribution < -0.4 is 5.32 Å². The first-order chi connectivity index (χ1) is 9.13. The normalized spacial score (nSPS) is 14.3. The molecule has 1 aromatic carbocycles. The van der Waals surface area contributed by atoms with E-state index in [4.69, 9.17) is 21.4 Å². The van der Waals surface area contributed by atoms with Crippen LogP contribution in [0.15, 0.2) is 24.3 Å². The number of halogens is 1. The van der Waals surface area contributed by atoms with Crippen molar-refractivity contribution in [3.8, 4) is 0 Å². The average molecular weight is 288 g/mol. The van der Waals surface area contributed by atoms with Crippen LogP contribution in [-0.2, 0) is 4.74 Å². The third-order valence-electron chi connectivity index (χ3n) is 2.77. The minimum Gasteiger partial charge on any atom is -0.396 e. The van der Waals surface area contributed by atoms with Gasteiger partial charge in [0.15, 0.2) is 0 Å². The molecule has 0 aliphatic carbocycles. The molecule has 0 aliphatic rings. The summed E-state index contributed by atoms with van der Waals surface area (Å²) >= 11 is 5.82. The molecule has 1 aromatic rings. The van der Waals surface area contributed by atoms with Crippen LogP contribution in [0.3, 0.4) is 0 Å². The van der Waals surface area contributed by atoms with Crippen molar-refractivity contribution in [3.05, 3.63) is 34.9 Å². The van der Waals surface area contributed by atoms with Gasteiger partial charge in [0.1, 0.15) is 0 Å². The number of ether oxygens (including phenoxy) is 1. The molecule has 0 unspecified atom stereocenters. The van der Waals surface area contributed by atoms with E-state index < -0.39 is 6.10 Å². The van der Waals surface area contributed by atoms with Crippen molar-refractivity contribution in [1.82, 2.24) is 5.32 Å². The van der Waals surface area contributed by atoms with Gasteiger partial charge in [0.25, 0.3) is 0 Å².